The average molecular weight is 458 g/mol. The van der Waals surface area contributed by atoms with Gasteiger partial charge in [-0.15, -0.1) is 0 Å². The van der Waals surface area contributed by atoms with Gasteiger partial charge in [-0.1, -0.05) is 11.6 Å². The summed E-state index contributed by atoms with van der Waals surface area (Å²) < 4.78 is 11.6. The van der Waals surface area contributed by atoms with Crippen LogP contribution in [0.5, 0.6) is 11.5 Å². The van der Waals surface area contributed by atoms with Crippen LogP contribution in [0.15, 0.2) is 34.8 Å². The third-order valence-corrected chi connectivity index (χ3v) is 4.34. The molecule has 27 heavy (non-hydrogen) atoms. The van der Waals surface area contributed by atoms with Crippen molar-refractivity contribution in [3.05, 3.63) is 51.0 Å². The highest BCUT2D eigenvalue weighted by atomic mass is 79.9. The molecule has 0 aromatic heterocycles. The summed E-state index contributed by atoms with van der Waals surface area (Å²) in [5.41, 5.74) is 6.60. The third-order valence-electron chi connectivity index (χ3n) is 3.42. The lowest BCUT2D eigenvalue weighted by atomic mass is 10.1. The van der Waals surface area contributed by atoms with Crippen LogP contribution in [0.1, 0.15) is 22.8 Å². The number of primary amides is 1. The van der Waals surface area contributed by atoms with E-state index in [0.29, 0.717) is 34.8 Å². The van der Waals surface area contributed by atoms with E-state index < -0.39 is 11.9 Å². The molecule has 0 atom stereocenters. The highest BCUT2D eigenvalue weighted by Crippen LogP contribution is 2.37. The van der Waals surface area contributed by atoms with Gasteiger partial charge in [-0.25, -0.2) is 4.79 Å². The molecule has 9 heteroatoms. The molecule has 0 radical (unpaired) electrons. The fourth-order valence-electron chi connectivity index (χ4n) is 2.27. The number of anilines is 1. The summed E-state index contributed by atoms with van der Waals surface area (Å²) >= 11 is 9.28. The summed E-state index contributed by atoms with van der Waals surface area (Å²) in [6.07, 6.45) is 0. The van der Waals surface area contributed by atoms with E-state index in [1.807, 2.05) is 6.92 Å². The summed E-state index contributed by atoms with van der Waals surface area (Å²) in [7, 11) is 0. The zero-order valence-electron chi connectivity index (χ0n) is 14.4. The Bertz CT molecular complexity index is 860. The third kappa shape index (κ3) is 5.77. The van der Waals surface area contributed by atoms with Crippen molar-refractivity contribution in [3.8, 4) is 11.5 Å². The second-order valence-corrected chi connectivity index (χ2v) is 6.71. The molecular weight excluding hydrogens is 440 g/mol. The molecule has 0 spiro atoms. The minimum atomic E-state index is -1.10. The molecule has 1 amide bonds. The predicted molar refractivity (Wildman–Crippen MR) is 106 cm³/mol. The lowest BCUT2D eigenvalue weighted by Gasteiger charge is -2.15. The maximum Gasteiger partial charge on any atom is 0.337 e. The number of carboxylic acid groups (broad SMARTS) is 1. The smallest absolute Gasteiger partial charge is 0.337 e. The Labute approximate surface area is 169 Å². The molecule has 0 aliphatic heterocycles. The van der Waals surface area contributed by atoms with Crippen LogP contribution in [0.25, 0.3) is 0 Å². The number of aromatic carboxylic acids is 1. The van der Waals surface area contributed by atoms with Crippen LogP contribution < -0.4 is 20.5 Å². The van der Waals surface area contributed by atoms with Crippen molar-refractivity contribution in [3.63, 3.8) is 0 Å². The standard InChI is InChI=1S/C18H18BrClN2O5/c1-2-26-15-6-10(5-13(19)17(15)27-9-16(21)23)8-22-11-3-4-14(20)12(7-11)18(24)25/h3-7,22H,2,8-9H2,1H3,(H2,21,23)(H,24,25). The zero-order chi connectivity index (χ0) is 20.0. The number of nitrogens with two attached hydrogens (primary N) is 1. The number of nitrogens with one attached hydrogen (secondary N) is 1. The molecule has 144 valence electrons. The number of carbonyl (C=O) groups is 2. The highest BCUT2D eigenvalue weighted by molar-refractivity contribution is 9.10. The van der Waals surface area contributed by atoms with E-state index in [9.17, 15) is 9.59 Å². The van der Waals surface area contributed by atoms with Crippen LogP contribution in [0, 0.1) is 0 Å². The lowest BCUT2D eigenvalue weighted by Crippen LogP contribution is -2.20. The number of halogens is 2. The van der Waals surface area contributed by atoms with Crippen LogP contribution in [-0.4, -0.2) is 30.2 Å². The van der Waals surface area contributed by atoms with Crippen molar-refractivity contribution < 1.29 is 24.2 Å². The fourth-order valence-corrected chi connectivity index (χ4v) is 3.08. The molecule has 2 aromatic rings. The van der Waals surface area contributed by atoms with Gasteiger partial charge < -0.3 is 25.6 Å². The lowest BCUT2D eigenvalue weighted by molar-refractivity contribution is -0.119. The summed E-state index contributed by atoms with van der Waals surface area (Å²) in [5, 5.41) is 12.5. The quantitative estimate of drug-likeness (QED) is 0.530. The van der Waals surface area contributed by atoms with Gasteiger partial charge in [-0.2, -0.15) is 0 Å². The molecule has 0 fully saturated rings. The van der Waals surface area contributed by atoms with E-state index in [0.717, 1.165) is 5.56 Å². The van der Waals surface area contributed by atoms with Crippen molar-refractivity contribution in [2.75, 3.05) is 18.5 Å². The first-order chi connectivity index (χ1) is 12.8. The van der Waals surface area contributed by atoms with Gasteiger partial charge >= 0.3 is 5.97 Å². The van der Waals surface area contributed by atoms with Crippen LogP contribution >= 0.6 is 27.5 Å². The topological polar surface area (TPSA) is 111 Å². The largest absolute Gasteiger partial charge is 0.490 e. The second kappa shape index (κ2) is 9.48. The Kier molecular flexibility index (Phi) is 7.32. The maximum atomic E-state index is 11.2. The molecule has 0 aliphatic carbocycles. The van der Waals surface area contributed by atoms with Crippen LogP contribution in [0.4, 0.5) is 5.69 Å². The first-order valence-corrected chi connectivity index (χ1v) is 9.12. The number of rotatable bonds is 9. The summed E-state index contributed by atoms with van der Waals surface area (Å²) in [5.74, 6) is -0.834. The maximum absolute atomic E-state index is 11.2. The van der Waals surface area contributed by atoms with Crippen LogP contribution in [0.3, 0.4) is 0 Å². The fraction of sp³-hybridized carbons (Fsp3) is 0.222. The predicted octanol–water partition coefficient (Wildman–Crippen LogP) is 3.68. The highest BCUT2D eigenvalue weighted by Gasteiger charge is 2.14. The number of hydrogen-bond acceptors (Lipinski definition) is 5. The van der Waals surface area contributed by atoms with Gasteiger partial charge in [0.15, 0.2) is 18.1 Å². The summed E-state index contributed by atoms with van der Waals surface area (Å²) in [4.78, 5) is 22.1. The summed E-state index contributed by atoms with van der Waals surface area (Å²) in [6, 6.07) is 8.26. The minimum Gasteiger partial charge on any atom is -0.490 e. The van der Waals surface area contributed by atoms with E-state index in [4.69, 9.17) is 31.9 Å². The first kappa shape index (κ1) is 20.9. The molecule has 7 nitrogen and oxygen atoms in total. The molecule has 0 saturated heterocycles. The minimum absolute atomic E-state index is 0.0213. The number of benzene rings is 2. The van der Waals surface area contributed by atoms with Gasteiger partial charge in [-0.05, 0) is 58.7 Å². The molecule has 0 unspecified atom stereocenters. The van der Waals surface area contributed by atoms with Gasteiger partial charge in [0.2, 0.25) is 0 Å². The Morgan fingerprint density at radius 2 is 2.00 bits per heavy atom. The molecular formula is C18H18BrClN2O5. The number of ether oxygens (including phenoxy) is 2. The van der Waals surface area contributed by atoms with E-state index in [1.165, 1.54) is 12.1 Å². The molecule has 0 aliphatic rings. The van der Waals surface area contributed by atoms with E-state index in [2.05, 4.69) is 21.2 Å². The number of hydrogen-bond donors (Lipinski definition) is 3. The molecule has 2 aromatic carbocycles. The van der Waals surface area contributed by atoms with Crippen molar-refractivity contribution in [1.29, 1.82) is 0 Å². The number of amides is 1. The number of carbonyl (C=O) groups excluding carboxylic acids is 1. The monoisotopic (exact) mass is 456 g/mol. The molecule has 0 bridgehead atoms. The van der Waals surface area contributed by atoms with Crippen LogP contribution in [0.2, 0.25) is 5.02 Å². The Hall–Kier alpha value is -2.45. The Morgan fingerprint density at radius 3 is 2.63 bits per heavy atom. The second-order valence-electron chi connectivity index (χ2n) is 5.45. The molecule has 0 saturated carbocycles. The normalized spacial score (nSPS) is 10.3. The molecule has 0 heterocycles. The van der Waals surface area contributed by atoms with Gasteiger partial charge in [0.1, 0.15) is 0 Å². The van der Waals surface area contributed by atoms with E-state index >= 15 is 0 Å². The summed E-state index contributed by atoms with van der Waals surface area (Å²) in [6.45, 7) is 2.38. The van der Waals surface area contributed by atoms with Crippen molar-refractivity contribution in [2.24, 2.45) is 5.73 Å². The van der Waals surface area contributed by atoms with Gasteiger partial charge in [0.25, 0.3) is 5.91 Å². The van der Waals surface area contributed by atoms with Crippen molar-refractivity contribution in [2.45, 2.75) is 13.5 Å². The van der Waals surface area contributed by atoms with Crippen molar-refractivity contribution in [1.82, 2.24) is 0 Å². The Morgan fingerprint density at radius 1 is 1.26 bits per heavy atom. The average Bonchev–Trinajstić information content (AvgIpc) is 2.60. The van der Waals surface area contributed by atoms with Crippen molar-refractivity contribution >= 4 is 45.1 Å². The van der Waals surface area contributed by atoms with Gasteiger partial charge in [0.05, 0.1) is 21.7 Å². The molecule has 2 rings (SSSR count). The van der Waals surface area contributed by atoms with Gasteiger partial charge in [-0.3, -0.25) is 4.79 Å². The SMILES string of the molecule is CCOc1cc(CNc2ccc(Cl)c(C(=O)O)c2)cc(Br)c1OCC(N)=O. The zero-order valence-corrected chi connectivity index (χ0v) is 16.8. The number of carboxylic acids is 1. The van der Waals surface area contributed by atoms with E-state index in [1.54, 1.807) is 18.2 Å². The van der Waals surface area contributed by atoms with Gasteiger partial charge in [0, 0.05) is 12.2 Å². The first-order valence-electron chi connectivity index (χ1n) is 7.94. The molecule has 4 N–H and O–H groups in total. The van der Waals surface area contributed by atoms with E-state index in [-0.39, 0.29) is 17.2 Å². The van der Waals surface area contributed by atoms with Crippen LogP contribution in [-0.2, 0) is 11.3 Å². The Balaban J connectivity index is 2.20.